The fourth-order valence-corrected chi connectivity index (χ4v) is 3.62. The van der Waals surface area contributed by atoms with Crippen molar-refractivity contribution in [3.63, 3.8) is 0 Å². The molecule has 0 fully saturated rings. The van der Waals surface area contributed by atoms with Crippen molar-refractivity contribution in [2.75, 3.05) is 12.4 Å². The van der Waals surface area contributed by atoms with Gasteiger partial charge in [0.2, 0.25) is 15.9 Å². The molecule has 0 atom stereocenters. The maximum Gasteiger partial charge on any atom is 0.238 e. The zero-order chi connectivity index (χ0) is 22.1. The molecule has 0 aliphatic heterocycles. The van der Waals surface area contributed by atoms with Gasteiger partial charge in [0.1, 0.15) is 11.6 Å². The predicted octanol–water partition coefficient (Wildman–Crippen LogP) is 2.47. The van der Waals surface area contributed by atoms with Gasteiger partial charge in [-0.05, 0) is 56.3 Å². The molecular formula is C20H21FN4O4S. The first-order valence-corrected chi connectivity index (χ1v) is 10.5. The van der Waals surface area contributed by atoms with Gasteiger partial charge in [0.05, 0.1) is 35.5 Å². The van der Waals surface area contributed by atoms with Gasteiger partial charge < -0.3 is 10.1 Å². The van der Waals surface area contributed by atoms with E-state index in [1.807, 2.05) is 6.92 Å². The molecule has 8 nitrogen and oxygen atoms in total. The number of rotatable bonds is 6. The van der Waals surface area contributed by atoms with Crippen LogP contribution in [-0.4, -0.2) is 31.2 Å². The van der Waals surface area contributed by atoms with Gasteiger partial charge in [0.15, 0.2) is 0 Å². The molecule has 1 heterocycles. The molecule has 3 N–H and O–H groups in total. The molecule has 0 saturated heterocycles. The van der Waals surface area contributed by atoms with Crippen molar-refractivity contribution in [1.82, 2.24) is 9.78 Å². The first-order valence-electron chi connectivity index (χ1n) is 8.92. The van der Waals surface area contributed by atoms with Crippen molar-refractivity contribution in [2.24, 2.45) is 5.14 Å². The van der Waals surface area contributed by atoms with Crippen LogP contribution in [0.1, 0.15) is 17.0 Å². The number of aromatic nitrogens is 2. The number of hydrogen-bond donors (Lipinski definition) is 2. The lowest BCUT2D eigenvalue weighted by atomic mass is 10.1. The zero-order valence-electron chi connectivity index (χ0n) is 16.6. The van der Waals surface area contributed by atoms with Crippen molar-refractivity contribution in [2.45, 2.75) is 25.2 Å². The number of primary sulfonamides is 1. The molecule has 0 radical (unpaired) electrons. The fourth-order valence-electron chi connectivity index (χ4n) is 3.08. The van der Waals surface area contributed by atoms with Gasteiger partial charge in [-0.1, -0.05) is 0 Å². The molecule has 3 aromatic rings. The second kappa shape index (κ2) is 8.25. The minimum absolute atomic E-state index is 0.00161. The molecular weight excluding hydrogens is 411 g/mol. The van der Waals surface area contributed by atoms with Crippen molar-refractivity contribution in [3.8, 4) is 11.4 Å². The fraction of sp³-hybridized carbons (Fsp3) is 0.200. The topological polar surface area (TPSA) is 116 Å². The number of halogens is 1. The number of anilines is 1. The third-order valence-corrected chi connectivity index (χ3v) is 5.53. The van der Waals surface area contributed by atoms with E-state index in [2.05, 4.69) is 10.4 Å². The molecule has 30 heavy (non-hydrogen) atoms. The van der Waals surface area contributed by atoms with Crippen LogP contribution in [-0.2, 0) is 21.2 Å². The minimum atomic E-state index is -3.94. The summed E-state index contributed by atoms with van der Waals surface area (Å²) in [6, 6.07) is 9.83. The number of carbonyl (C=O) groups excluding carboxylic acids is 1. The van der Waals surface area contributed by atoms with Gasteiger partial charge in [0.25, 0.3) is 0 Å². The number of sulfonamides is 1. The molecule has 0 aliphatic carbocycles. The van der Waals surface area contributed by atoms with E-state index in [0.717, 1.165) is 5.69 Å². The van der Waals surface area contributed by atoms with E-state index in [-0.39, 0.29) is 28.7 Å². The standard InChI is InChI=1S/C20H21FN4O4S/c1-12-17(13(2)25(24-12)15-6-4-14(21)5-7-15)11-20(26)23-18-10-16(30(22,27)28)8-9-19(18)29-3/h4-10H,11H2,1-3H3,(H,23,26)(H2,22,27,28). The summed E-state index contributed by atoms with van der Waals surface area (Å²) in [5.74, 6) is -0.438. The summed E-state index contributed by atoms with van der Waals surface area (Å²) >= 11 is 0. The van der Waals surface area contributed by atoms with E-state index in [9.17, 15) is 17.6 Å². The highest BCUT2D eigenvalue weighted by Gasteiger charge is 2.18. The number of benzene rings is 2. The highest BCUT2D eigenvalue weighted by atomic mass is 32.2. The van der Waals surface area contributed by atoms with Crippen molar-refractivity contribution in [1.29, 1.82) is 0 Å². The molecule has 0 spiro atoms. The van der Waals surface area contributed by atoms with Crippen LogP contribution >= 0.6 is 0 Å². The van der Waals surface area contributed by atoms with Crippen molar-refractivity contribution >= 4 is 21.6 Å². The Balaban J connectivity index is 1.86. The van der Waals surface area contributed by atoms with Gasteiger partial charge in [-0.2, -0.15) is 5.10 Å². The molecule has 1 amide bonds. The lowest BCUT2D eigenvalue weighted by Gasteiger charge is -2.12. The lowest BCUT2D eigenvalue weighted by Crippen LogP contribution is -2.17. The normalized spacial score (nSPS) is 11.4. The van der Waals surface area contributed by atoms with Crippen LogP contribution in [0.2, 0.25) is 0 Å². The lowest BCUT2D eigenvalue weighted by molar-refractivity contribution is -0.115. The third-order valence-electron chi connectivity index (χ3n) is 4.62. The second-order valence-corrected chi connectivity index (χ2v) is 8.23. The van der Waals surface area contributed by atoms with E-state index >= 15 is 0 Å². The number of aryl methyl sites for hydroxylation is 1. The first kappa shape index (κ1) is 21.5. The van der Waals surface area contributed by atoms with Crippen LogP contribution in [0.15, 0.2) is 47.4 Å². The Hall–Kier alpha value is -3.24. The van der Waals surface area contributed by atoms with Crippen LogP contribution in [0.25, 0.3) is 5.69 Å². The molecule has 0 bridgehead atoms. The van der Waals surface area contributed by atoms with E-state index in [4.69, 9.17) is 9.88 Å². The quantitative estimate of drug-likeness (QED) is 0.621. The maximum absolute atomic E-state index is 13.2. The Morgan fingerprint density at radius 1 is 1.20 bits per heavy atom. The summed E-state index contributed by atoms with van der Waals surface area (Å²) in [5.41, 5.74) is 2.96. The second-order valence-electron chi connectivity index (χ2n) is 6.67. The molecule has 0 unspecified atom stereocenters. The van der Waals surface area contributed by atoms with E-state index in [0.29, 0.717) is 22.7 Å². The van der Waals surface area contributed by atoms with E-state index < -0.39 is 10.0 Å². The first-order chi connectivity index (χ1) is 14.1. The number of nitrogens with zero attached hydrogens (tertiary/aromatic N) is 2. The monoisotopic (exact) mass is 432 g/mol. The molecule has 2 aromatic carbocycles. The summed E-state index contributed by atoms with van der Waals surface area (Å²) in [6.45, 7) is 3.59. The molecule has 0 saturated carbocycles. The number of methoxy groups -OCH3 is 1. The van der Waals surface area contributed by atoms with Crippen LogP contribution in [0.4, 0.5) is 10.1 Å². The van der Waals surface area contributed by atoms with Gasteiger partial charge in [-0.3, -0.25) is 4.79 Å². The number of hydrogen-bond acceptors (Lipinski definition) is 5. The largest absolute Gasteiger partial charge is 0.495 e. The smallest absolute Gasteiger partial charge is 0.238 e. The van der Waals surface area contributed by atoms with Crippen LogP contribution in [0, 0.1) is 19.7 Å². The highest BCUT2D eigenvalue weighted by Crippen LogP contribution is 2.27. The van der Waals surface area contributed by atoms with Crippen LogP contribution in [0.3, 0.4) is 0 Å². The number of ether oxygens (including phenoxy) is 1. The molecule has 10 heteroatoms. The Morgan fingerprint density at radius 2 is 1.87 bits per heavy atom. The molecule has 3 rings (SSSR count). The Morgan fingerprint density at radius 3 is 2.47 bits per heavy atom. The summed E-state index contributed by atoms with van der Waals surface area (Å²) in [4.78, 5) is 12.5. The van der Waals surface area contributed by atoms with Gasteiger partial charge >= 0.3 is 0 Å². The molecule has 1 aromatic heterocycles. The summed E-state index contributed by atoms with van der Waals surface area (Å²) in [6.07, 6.45) is 0.00161. The molecule has 0 aliphatic rings. The molecule has 158 valence electrons. The van der Waals surface area contributed by atoms with Gasteiger partial charge in [0, 0.05) is 11.3 Å². The summed E-state index contributed by atoms with van der Waals surface area (Å²) in [7, 11) is -2.53. The van der Waals surface area contributed by atoms with E-state index in [1.165, 1.54) is 37.4 Å². The van der Waals surface area contributed by atoms with Gasteiger partial charge in [-0.25, -0.2) is 22.6 Å². The SMILES string of the molecule is COc1ccc(S(N)(=O)=O)cc1NC(=O)Cc1c(C)nn(-c2ccc(F)cc2)c1C. The number of nitrogens with one attached hydrogen (secondary N) is 1. The Labute approximate surface area is 173 Å². The van der Waals surface area contributed by atoms with Gasteiger partial charge in [-0.15, -0.1) is 0 Å². The zero-order valence-corrected chi connectivity index (χ0v) is 17.5. The van der Waals surface area contributed by atoms with E-state index in [1.54, 1.807) is 23.7 Å². The van der Waals surface area contributed by atoms with Crippen LogP contribution in [0.5, 0.6) is 5.75 Å². The third kappa shape index (κ3) is 4.50. The minimum Gasteiger partial charge on any atom is -0.495 e. The highest BCUT2D eigenvalue weighted by molar-refractivity contribution is 7.89. The van der Waals surface area contributed by atoms with Crippen molar-refractivity contribution in [3.05, 3.63) is 65.2 Å². The predicted molar refractivity (Wildman–Crippen MR) is 110 cm³/mol. The summed E-state index contributed by atoms with van der Waals surface area (Å²) < 4.78 is 43.2. The van der Waals surface area contributed by atoms with Crippen LogP contribution < -0.4 is 15.2 Å². The number of nitrogens with two attached hydrogens (primary N) is 1. The maximum atomic E-state index is 13.2. The summed E-state index contributed by atoms with van der Waals surface area (Å²) in [5, 5.41) is 12.3. The Bertz CT molecular complexity index is 1200. The number of amides is 1. The number of carbonyl (C=O) groups is 1. The Kier molecular flexibility index (Phi) is 5.90. The average molecular weight is 432 g/mol. The van der Waals surface area contributed by atoms with Crippen molar-refractivity contribution < 1.29 is 22.3 Å². The average Bonchev–Trinajstić information content (AvgIpc) is 2.96.